The molecule has 0 aliphatic carbocycles. The van der Waals surface area contributed by atoms with Crippen molar-refractivity contribution in [3.63, 3.8) is 0 Å². The first kappa shape index (κ1) is 12.0. The Bertz CT molecular complexity index is 253. The molecule has 1 saturated heterocycles. The fourth-order valence-electron chi connectivity index (χ4n) is 1.40. The third-order valence-electron chi connectivity index (χ3n) is 2.27. The molecule has 1 N–H and O–H groups in total. The van der Waals surface area contributed by atoms with Crippen molar-refractivity contribution in [2.45, 2.75) is 26.9 Å². The van der Waals surface area contributed by atoms with Gasteiger partial charge >= 0.3 is 6.03 Å². The van der Waals surface area contributed by atoms with Crippen molar-refractivity contribution in [2.24, 2.45) is 5.92 Å². The van der Waals surface area contributed by atoms with Crippen LogP contribution in [0, 0.1) is 5.92 Å². The Morgan fingerprint density at radius 2 is 2.20 bits per heavy atom. The van der Waals surface area contributed by atoms with Gasteiger partial charge < -0.3 is 9.64 Å². The lowest BCUT2D eigenvalue weighted by molar-refractivity contribution is -0.125. The van der Waals surface area contributed by atoms with Crippen LogP contribution in [0.1, 0.15) is 20.8 Å². The molecule has 15 heavy (non-hydrogen) atoms. The second kappa shape index (κ2) is 5.11. The second-order valence-corrected chi connectivity index (χ2v) is 4.06. The fourth-order valence-corrected chi connectivity index (χ4v) is 1.40. The maximum Gasteiger partial charge on any atom is 0.324 e. The van der Waals surface area contributed by atoms with Gasteiger partial charge in [0.15, 0.2) is 0 Å². The molecule has 0 aromatic carbocycles. The van der Waals surface area contributed by atoms with Gasteiger partial charge in [0.2, 0.25) is 5.91 Å². The van der Waals surface area contributed by atoms with Gasteiger partial charge in [-0.25, -0.2) is 4.79 Å². The molecule has 1 aliphatic heterocycles. The van der Waals surface area contributed by atoms with Gasteiger partial charge in [0.25, 0.3) is 0 Å². The van der Waals surface area contributed by atoms with Crippen molar-refractivity contribution in [3.05, 3.63) is 0 Å². The molecule has 0 radical (unpaired) electrons. The minimum atomic E-state index is -0.314. The van der Waals surface area contributed by atoms with Crippen LogP contribution in [0.5, 0.6) is 0 Å². The van der Waals surface area contributed by atoms with Gasteiger partial charge in [-0.1, -0.05) is 6.92 Å². The van der Waals surface area contributed by atoms with E-state index < -0.39 is 0 Å². The number of nitrogens with zero attached hydrogens (tertiary/aromatic N) is 1. The topological polar surface area (TPSA) is 58.6 Å². The average Bonchev–Trinajstić information content (AvgIpc) is 2.13. The predicted molar refractivity (Wildman–Crippen MR) is 55.4 cm³/mol. The van der Waals surface area contributed by atoms with Crippen molar-refractivity contribution < 1.29 is 14.3 Å². The SMILES string of the molecule is CC(C)OCCN1CC(C)C(=O)NC1=O. The Hall–Kier alpha value is -1.10. The molecule has 1 heterocycles. The number of carbonyl (C=O) groups excluding carboxylic acids is 2. The van der Waals surface area contributed by atoms with Gasteiger partial charge in [-0.05, 0) is 13.8 Å². The molecule has 0 spiro atoms. The van der Waals surface area contributed by atoms with Crippen molar-refractivity contribution in [3.8, 4) is 0 Å². The smallest absolute Gasteiger partial charge is 0.324 e. The van der Waals surface area contributed by atoms with Crippen LogP contribution in [0.15, 0.2) is 0 Å². The standard InChI is InChI=1S/C10H18N2O3/c1-7(2)15-5-4-12-6-8(3)9(13)11-10(12)14/h7-8H,4-6H2,1-3H3,(H,11,13,14). The molecule has 0 aromatic heterocycles. The van der Waals surface area contributed by atoms with Crippen molar-refractivity contribution in [1.29, 1.82) is 0 Å². The van der Waals surface area contributed by atoms with E-state index in [0.717, 1.165) is 0 Å². The van der Waals surface area contributed by atoms with Crippen LogP contribution in [0.25, 0.3) is 0 Å². The molecule has 0 saturated carbocycles. The van der Waals surface area contributed by atoms with E-state index in [1.54, 1.807) is 11.8 Å². The largest absolute Gasteiger partial charge is 0.377 e. The molecule has 1 atom stereocenters. The van der Waals surface area contributed by atoms with Crippen molar-refractivity contribution in [2.75, 3.05) is 19.7 Å². The lowest BCUT2D eigenvalue weighted by Gasteiger charge is -2.30. The monoisotopic (exact) mass is 214 g/mol. The average molecular weight is 214 g/mol. The Labute approximate surface area is 89.8 Å². The summed E-state index contributed by atoms with van der Waals surface area (Å²) in [6, 6.07) is -0.314. The summed E-state index contributed by atoms with van der Waals surface area (Å²) in [6.07, 6.45) is 0.164. The molecule has 1 fully saturated rings. The van der Waals surface area contributed by atoms with Gasteiger partial charge in [-0.3, -0.25) is 10.1 Å². The molecule has 1 unspecified atom stereocenters. The maximum absolute atomic E-state index is 11.4. The first-order valence-electron chi connectivity index (χ1n) is 5.22. The number of urea groups is 1. The molecule has 0 bridgehead atoms. The van der Waals surface area contributed by atoms with Crippen LogP contribution in [0.4, 0.5) is 4.79 Å². The third-order valence-corrected chi connectivity index (χ3v) is 2.27. The van der Waals surface area contributed by atoms with Crippen LogP contribution in [-0.2, 0) is 9.53 Å². The van der Waals surface area contributed by atoms with E-state index in [9.17, 15) is 9.59 Å². The molecule has 0 aromatic rings. The van der Waals surface area contributed by atoms with Gasteiger partial charge in [0, 0.05) is 13.1 Å². The number of nitrogens with one attached hydrogen (secondary N) is 1. The van der Waals surface area contributed by atoms with Crippen LogP contribution in [-0.4, -0.2) is 42.6 Å². The van der Waals surface area contributed by atoms with Gasteiger partial charge in [-0.15, -0.1) is 0 Å². The Balaban J connectivity index is 2.35. The van der Waals surface area contributed by atoms with Crippen LogP contribution in [0.3, 0.4) is 0 Å². The highest BCUT2D eigenvalue weighted by atomic mass is 16.5. The summed E-state index contributed by atoms with van der Waals surface area (Å²) >= 11 is 0. The highest BCUT2D eigenvalue weighted by molar-refractivity contribution is 5.97. The number of hydrogen-bond donors (Lipinski definition) is 1. The van der Waals surface area contributed by atoms with Gasteiger partial charge in [0.05, 0.1) is 18.6 Å². The molecule has 3 amide bonds. The zero-order valence-corrected chi connectivity index (χ0v) is 9.45. The van der Waals surface area contributed by atoms with Crippen LogP contribution in [0.2, 0.25) is 0 Å². The van der Waals surface area contributed by atoms with Crippen molar-refractivity contribution in [1.82, 2.24) is 10.2 Å². The molecule has 1 rings (SSSR count). The Morgan fingerprint density at radius 1 is 1.53 bits per heavy atom. The quantitative estimate of drug-likeness (QED) is 0.745. The summed E-state index contributed by atoms with van der Waals surface area (Å²) in [4.78, 5) is 24.1. The first-order valence-corrected chi connectivity index (χ1v) is 5.22. The molecule has 86 valence electrons. The summed E-state index contributed by atoms with van der Waals surface area (Å²) in [5, 5.41) is 2.31. The van der Waals surface area contributed by atoms with E-state index in [-0.39, 0.29) is 24.0 Å². The second-order valence-electron chi connectivity index (χ2n) is 4.06. The highest BCUT2D eigenvalue weighted by Crippen LogP contribution is 2.06. The predicted octanol–water partition coefficient (Wildman–Crippen LogP) is 0.599. The molecule has 5 heteroatoms. The third kappa shape index (κ3) is 3.51. The number of rotatable bonds is 4. The zero-order chi connectivity index (χ0) is 11.4. The van der Waals surface area contributed by atoms with Crippen molar-refractivity contribution >= 4 is 11.9 Å². The zero-order valence-electron chi connectivity index (χ0n) is 9.45. The Morgan fingerprint density at radius 3 is 2.80 bits per heavy atom. The summed E-state index contributed by atoms with van der Waals surface area (Å²) in [5.41, 5.74) is 0. The number of hydrogen-bond acceptors (Lipinski definition) is 3. The summed E-state index contributed by atoms with van der Waals surface area (Å²) in [7, 11) is 0. The van der Waals surface area contributed by atoms with E-state index >= 15 is 0 Å². The molecule has 1 aliphatic rings. The number of carbonyl (C=O) groups is 2. The van der Waals surface area contributed by atoms with Gasteiger partial charge in [-0.2, -0.15) is 0 Å². The molecular formula is C10H18N2O3. The highest BCUT2D eigenvalue weighted by Gasteiger charge is 2.28. The lowest BCUT2D eigenvalue weighted by Crippen LogP contribution is -2.54. The minimum absolute atomic E-state index is 0.137. The van der Waals surface area contributed by atoms with E-state index in [0.29, 0.717) is 19.7 Å². The molecular weight excluding hydrogens is 196 g/mol. The summed E-state index contributed by atoms with van der Waals surface area (Å²) in [6.45, 7) is 7.21. The number of amides is 3. The summed E-state index contributed by atoms with van der Waals surface area (Å²) in [5.74, 6) is -0.331. The fraction of sp³-hybridized carbons (Fsp3) is 0.800. The first-order chi connectivity index (χ1) is 7.00. The van der Waals surface area contributed by atoms with E-state index in [4.69, 9.17) is 4.74 Å². The van der Waals surface area contributed by atoms with E-state index in [1.807, 2.05) is 13.8 Å². The lowest BCUT2D eigenvalue weighted by atomic mass is 10.1. The van der Waals surface area contributed by atoms with Crippen LogP contribution < -0.4 is 5.32 Å². The Kier molecular flexibility index (Phi) is 4.08. The van der Waals surface area contributed by atoms with E-state index in [1.165, 1.54) is 0 Å². The maximum atomic E-state index is 11.4. The van der Waals surface area contributed by atoms with Crippen LogP contribution >= 0.6 is 0 Å². The number of ether oxygens (including phenoxy) is 1. The normalized spacial score (nSPS) is 22.1. The minimum Gasteiger partial charge on any atom is -0.377 e. The summed E-state index contributed by atoms with van der Waals surface area (Å²) < 4.78 is 5.35. The molecule has 5 nitrogen and oxygen atoms in total. The number of imide groups is 1. The van der Waals surface area contributed by atoms with Gasteiger partial charge in [0.1, 0.15) is 0 Å². The van der Waals surface area contributed by atoms with E-state index in [2.05, 4.69) is 5.32 Å².